The molecule has 1 saturated heterocycles. The number of aryl methyl sites for hydroxylation is 1. The number of piperazine rings is 1. The van der Waals surface area contributed by atoms with Gasteiger partial charge in [-0.15, -0.1) is 11.8 Å². The molecule has 2 aliphatic heterocycles. The van der Waals surface area contributed by atoms with Crippen molar-refractivity contribution in [3.63, 3.8) is 0 Å². The molecule has 0 N–H and O–H groups in total. The second kappa shape index (κ2) is 13.4. The van der Waals surface area contributed by atoms with Gasteiger partial charge in [0.05, 0.1) is 5.56 Å². The topological polar surface area (TPSA) is 85.9 Å². The van der Waals surface area contributed by atoms with Crippen molar-refractivity contribution in [1.29, 1.82) is 0 Å². The Morgan fingerprint density at radius 1 is 0.933 bits per heavy atom. The lowest BCUT2D eigenvalue weighted by Gasteiger charge is -2.36. The Bertz CT molecular complexity index is 1590. The molecule has 9 nitrogen and oxygen atoms in total. The third-order valence-corrected chi connectivity index (χ3v) is 8.99. The summed E-state index contributed by atoms with van der Waals surface area (Å²) in [5, 5.41) is 11.0. The van der Waals surface area contributed by atoms with Crippen molar-refractivity contribution in [2.45, 2.75) is 42.4 Å². The van der Waals surface area contributed by atoms with Crippen molar-refractivity contribution in [2.75, 3.05) is 37.7 Å². The molecule has 0 aliphatic carbocycles. The largest absolute Gasteiger partial charge is 0.490 e. The Labute approximate surface area is 262 Å². The smallest absolute Gasteiger partial charge is 0.416 e. The van der Waals surface area contributed by atoms with E-state index in [4.69, 9.17) is 9.47 Å². The second-order valence-electron chi connectivity index (χ2n) is 11.1. The normalized spacial score (nSPS) is 17.0. The molecular weight excluding hydrogens is 607 g/mol. The Balaban J connectivity index is 0.914. The number of anilines is 1. The van der Waals surface area contributed by atoms with Gasteiger partial charge in [0, 0.05) is 67.0 Å². The molecule has 0 amide bonds. The van der Waals surface area contributed by atoms with E-state index in [0.29, 0.717) is 25.3 Å². The predicted octanol–water partition coefficient (Wildman–Crippen LogP) is 6.65. The van der Waals surface area contributed by atoms with Gasteiger partial charge in [-0.1, -0.05) is 24.3 Å². The molecular formula is C32H32F3N5O4S. The zero-order chi connectivity index (χ0) is 31.4. The van der Waals surface area contributed by atoms with E-state index in [2.05, 4.69) is 51.2 Å². The number of nitrogens with zero attached hydrogens (tertiary/aromatic N) is 5. The van der Waals surface area contributed by atoms with E-state index in [1.54, 1.807) is 16.3 Å². The fourth-order valence-electron chi connectivity index (χ4n) is 5.35. The molecule has 1 fully saturated rings. The number of ether oxygens (including phenoxy) is 2. The molecule has 0 spiro atoms. The summed E-state index contributed by atoms with van der Waals surface area (Å²) < 4.78 is 51.7. The summed E-state index contributed by atoms with van der Waals surface area (Å²) in [6.45, 7) is 5.49. The van der Waals surface area contributed by atoms with Crippen LogP contribution in [0.1, 0.15) is 23.1 Å². The number of benzene rings is 3. The third-order valence-electron chi connectivity index (χ3n) is 7.90. The monoisotopic (exact) mass is 639 g/mol. The van der Waals surface area contributed by atoms with Crippen molar-refractivity contribution in [3.05, 3.63) is 106 Å². The number of imidazole rings is 1. The number of hydrogen-bond acceptors (Lipinski definition) is 8. The molecule has 2 aliphatic rings. The van der Waals surface area contributed by atoms with Gasteiger partial charge >= 0.3 is 18.0 Å². The summed E-state index contributed by atoms with van der Waals surface area (Å²) in [7, 11) is 0. The average Bonchev–Trinajstić information content (AvgIpc) is 3.48. The van der Waals surface area contributed by atoms with Crippen LogP contribution in [-0.4, -0.2) is 58.3 Å². The molecule has 1 atom stereocenters. The van der Waals surface area contributed by atoms with E-state index < -0.39 is 16.7 Å². The van der Waals surface area contributed by atoms with E-state index in [-0.39, 0.29) is 17.9 Å². The van der Waals surface area contributed by atoms with Gasteiger partial charge in [-0.25, -0.2) is 0 Å². The Morgan fingerprint density at radius 2 is 1.62 bits per heavy atom. The maximum atomic E-state index is 12.8. The molecule has 3 heterocycles. The van der Waals surface area contributed by atoms with Crippen LogP contribution in [0.4, 0.5) is 24.7 Å². The summed E-state index contributed by atoms with van der Waals surface area (Å²) in [4.78, 5) is 20.2. The summed E-state index contributed by atoms with van der Waals surface area (Å²) >= 11 is 1.61. The van der Waals surface area contributed by atoms with Gasteiger partial charge < -0.3 is 24.5 Å². The highest BCUT2D eigenvalue weighted by Gasteiger charge is 2.30. The molecule has 6 rings (SSSR count). The van der Waals surface area contributed by atoms with Crippen LogP contribution in [0.25, 0.3) is 0 Å². The van der Waals surface area contributed by atoms with Crippen molar-refractivity contribution >= 4 is 23.3 Å². The molecule has 1 unspecified atom stereocenters. The molecule has 3 aromatic carbocycles. The van der Waals surface area contributed by atoms with Crippen molar-refractivity contribution in [3.8, 4) is 11.8 Å². The molecule has 1 aromatic heterocycles. The second-order valence-corrected chi connectivity index (χ2v) is 12.1. The zero-order valence-corrected chi connectivity index (χ0v) is 25.2. The minimum absolute atomic E-state index is 0.217. The lowest BCUT2D eigenvalue weighted by molar-refractivity contribution is -0.389. The van der Waals surface area contributed by atoms with Gasteiger partial charge in [0.1, 0.15) is 24.7 Å². The predicted molar refractivity (Wildman–Crippen MR) is 165 cm³/mol. The van der Waals surface area contributed by atoms with Crippen LogP contribution in [0, 0.1) is 10.1 Å². The van der Waals surface area contributed by atoms with Gasteiger partial charge in [-0.2, -0.15) is 13.2 Å². The first-order valence-corrected chi connectivity index (χ1v) is 15.6. The summed E-state index contributed by atoms with van der Waals surface area (Å²) in [5.41, 5.74) is 2.60. The fourth-order valence-corrected chi connectivity index (χ4v) is 6.20. The van der Waals surface area contributed by atoms with E-state index in [0.717, 1.165) is 66.8 Å². The molecule has 4 aromatic rings. The highest BCUT2D eigenvalue weighted by Crippen LogP contribution is 2.31. The SMILES string of the molecule is O=[N+]([O-])c1cn2c(n1)OC(COc1ccc(N3CCN(Cc4ccc(SCc5ccc(C(F)(F)F)cc5)cc4)CC3)cc1)CC2. The molecule has 45 heavy (non-hydrogen) atoms. The number of alkyl halides is 3. The highest BCUT2D eigenvalue weighted by atomic mass is 32.2. The quantitative estimate of drug-likeness (QED) is 0.108. The molecule has 0 radical (unpaired) electrons. The van der Waals surface area contributed by atoms with Crippen LogP contribution >= 0.6 is 11.8 Å². The lowest BCUT2D eigenvalue weighted by Crippen LogP contribution is -2.45. The summed E-state index contributed by atoms with van der Waals surface area (Å²) in [5.74, 6) is 1.14. The van der Waals surface area contributed by atoms with Gasteiger partial charge in [0.25, 0.3) is 0 Å². The highest BCUT2D eigenvalue weighted by molar-refractivity contribution is 7.98. The number of rotatable bonds is 10. The first-order valence-electron chi connectivity index (χ1n) is 14.7. The Morgan fingerprint density at radius 3 is 2.29 bits per heavy atom. The molecule has 236 valence electrons. The van der Waals surface area contributed by atoms with Crippen molar-refractivity contribution in [1.82, 2.24) is 14.5 Å². The third kappa shape index (κ3) is 7.90. The van der Waals surface area contributed by atoms with Crippen LogP contribution < -0.4 is 14.4 Å². The van der Waals surface area contributed by atoms with Crippen molar-refractivity contribution < 1.29 is 27.6 Å². The molecule has 0 bridgehead atoms. The van der Waals surface area contributed by atoms with Crippen LogP contribution in [-0.2, 0) is 25.0 Å². The number of halogens is 3. The van der Waals surface area contributed by atoms with Gasteiger partial charge in [0.2, 0.25) is 0 Å². The molecule has 0 saturated carbocycles. The minimum atomic E-state index is -4.31. The summed E-state index contributed by atoms with van der Waals surface area (Å²) in [6, 6.07) is 22.0. The van der Waals surface area contributed by atoms with E-state index in [9.17, 15) is 23.3 Å². The standard InChI is InChI=1S/C32H32F3N5O4S/c33-32(34,35)25-5-1-24(2-6-25)22-45-29-11-3-23(4-12-29)19-37-15-17-38(18-16-37)26-7-9-27(10-8-26)43-21-28-13-14-39-20-30(40(41)42)36-31(39)44-28/h1-12,20,28H,13-19,21-22H2. The van der Waals surface area contributed by atoms with E-state index in [1.807, 2.05) is 12.1 Å². The number of thioether (sulfide) groups is 1. The zero-order valence-electron chi connectivity index (χ0n) is 24.4. The fraction of sp³-hybridized carbons (Fsp3) is 0.344. The maximum Gasteiger partial charge on any atom is 0.416 e. The summed E-state index contributed by atoms with van der Waals surface area (Å²) in [6.07, 6.45) is -2.47. The number of aromatic nitrogens is 2. The van der Waals surface area contributed by atoms with Crippen LogP contribution in [0.2, 0.25) is 0 Å². The van der Waals surface area contributed by atoms with E-state index in [1.165, 1.54) is 23.9 Å². The Kier molecular flexibility index (Phi) is 9.17. The van der Waals surface area contributed by atoms with Crippen LogP contribution in [0.15, 0.2) is 83.9 Å². The number of nitro groups is 1. The lowest BCUT2D eigenvalue weighted by atomic mass is 10.1. The molecule has 13 heteroatoms. The first-order chi connectivity index (χ1) is 21.7. The van der Waals surface area contributed by atoms with E-state index >= 15 is 0 Å². The average molecular weight is 640 g/mol. The van der Waals surface area contributed by atoms with Crippen LogP contribution in [0.3, 0.4) is 0 Å². The minimum Gasteiger partial charge on any atom is -0.490 e. The number of fused-ring (bicyclic) bond motifs is 1. The van der Waals surface area contributed by atoms with Gasteiger partial charge in [-0.3, -0.25) is 9.47 Å². The maximum absolute atomic E-state index is 12.8. The van der Waals surface area contributed by atoms with Crippen LogP contribution in [0.5, 0.6) is 11.8 Å². The van der Waals surface area contributed by atoms with Gasteiger partial charge in [-0.05, 0) is 64.6 Å². The first kappa shape index (κ1) is 30.8. The van der Waals surface area contributed by atoms with Crippen molar-refractivity contribution in [2.24, 2.45) is 0 Å². The van der Waals surface area contributed by atoms with Gasteiger partial charge in [0.15, 0.2) is 0 Å². The Hall–Kier alpha value is -4.23. The number of hydrogen-bond donors (Lipinski definition) is 0.